The number of hydrogen-bond acceptors (Lipinski definition) is 6. The van der Waals surface area contributed by atoms with Crippen LogP contribution < -0.4 is 16.2 Å². The van der Waals surface area contributed by atoms with E-state index in [0.717, 1.165) is 0 Å². The molecule has 0 radical (unpaired) electrons. The fraction of sp³-hybridized carbons (Fsp3) is 0.190. The summed E-state index contributed by atoms with van der Waals surface area (Å²) in [6.45, 7) is 2.98. The van der Waals surface area contributed by atoms with E-state index in [1.165, 1.54) is 6.92 Å². The summed E-state index contributed by atoms with van der Waals surface area (Å²) < 4.78 is 54.3. The van der Waals surface area contributed by atoms with Crippen molar-refractivity contribution in [3.8, 4) is 11.3 Å². The number of halogens is 4. The molecular weight excluding hydrogens is 478 g/mol. The lowest BCUT2D eigenvalue weighted by atomic mass is 10.1. The zero-order chi connectivity index (χ0) is 25.0. The van der Waals surface area contributed by atoms with Crippen LogP contribution in [0.2, 0.25) is 0 Å². The van der Waals surface area contributed by atoms with E-state index in [-0.39, 0.29) is 29.2 Å². The number of aromatic amines is 1. The highest BCUT2D eigenvalue weighted by Crippen LogP contribution is 2.27. The molecule has 0 saturated carbocycles. The first kappa shape index (κ1) is 24.9. The minimum Gasteiger partial charge on any atom is -0.325 e. The molecule has 3 N–H and O–H groups in total. The third-order valence-electron chi connectivity index (χ3n) is 4.47. The number of anilines is 2. The SMILES string of the molecule is CCC(=O)Nc1ccccc1-c1nnc(S[C@H](C)C(=O)Nc2c(F)c(F)cc(F)c2F)[nH]c1=O. The maximum absolute atomic E-state index is 13.8. The highest BCUT2D eigenvalue weighted by atomic mass is 32.2. The third kappa shape index (κ3) is 5.42. The fourth-order valence-electron chi connectivity index (χ4n) is 2.72. The van der Waals surface area contributed by atoms with E-state index in [9.17, 15) is 31.9 Å². The van der Waals surface area contributed by atoms with Gasteiger partial charge in [-0.1, -0.05) is 36.9 Å². The van der Waals surface area contributed by atoms with Crippen molar-refractivity contribution in [2.75, 3.05) is 10.6 Å². The molecule has 1 heterocycles. The van der Waals surface area contributed by atoms with E-state index >= 15 is 0 Å². The number of para-hydroxylation sites is 1. The van der Waals surface area contributed by atoms with Crippen molar-refractivity contribution in [1.82, 2.24) is 15.2 Å². The van der Waals surface area contributed by atoms with Gasteiger partial charge in [-0.3, -0.25) is 19.4 Å². The Morgan fingerprint density at radius 1 is 1.06 bits per heavy atom. The van der Waals surface area contributed by atoms with Gasteiger partial charge in [-0.15, -0.1) is 10.2 Å². The molecule has 0 unspecified atom stereocenters. The van der Waals surface area contributed by atoms with Crippen molar-refractivity contribution in [1.29, 1.82) is 0 Å². The van der Waals surface area contributed by atoms with Crippen molar-refractivity contribution >= 4 is 35.0 Å². The van der Waals surface area contributed by atoms with Crippen LogP contribution in [0.15, 0.2) is 40.3 Å². The monoisotopic (exact) mass is 495 g/mol. The smallest absolute Gasteiger partial charge is 0.278 e. The number of rotatable bonds is 7. The number of benzene rings is 2. The first-order valence-electron chi connectivity index (χ1n) is 9.79. The second-order valence-corrected chi connectivity index (χ2v) is 8.18. The highest BCUT2D eigenvalue weighted by Gasteiger charge is 2.24. The Labute approximate surface area is 194 Å². The maximum Gasteiger partial charge on any atom is 0.278 e. The van der Waals surface area contributed by atoms with Gasteiger partial charge in [0.2, 0.25) is 11.8 Å². The number of carbonyl (C=O) groups is 2. The van der Waals surface area contributed by atoms with Crippen LogP contribution in [0.5, 0.6) is 0 Å². The van der Waals surface area contributed by atoms with Crippen molar-refractivity contribution in [2.24, 2.45) is 0 Å². The van der Waals surface area contributed by atoms with Crippen LogP contribution in [0.3, 0.4) is 0 Å². The number of aromatic nitrogens is 3. The van der Waals surface area contributed by atoms with Crippen LogP contribution in [0.1, 0.15) is 20.3 Å². The molecule has 2 aromatic carbocycles. The van der Waals surface area contributed by atoms with Gasteiger partial charge in [-0.25, -0.2) is 17.6 Å². The van der Waals surface area contributed by atoms with Gasteiger partial charge >= 0.3 is 0 Å². The fourth-order valence-corrected chi connectivity index (χ4v) is 3.46. The lowest BCUT2D eigenvalue weighted by Crippen LogP contribution is -2.25. The molecule has 0 fully saturated rings. The lowest BCUT2D eigenvalue weighted by Gasteiger charge is -2.13. The predicted molar refractivity (Wildman–Crippen MR) is 117 cm³/mol. The van der Waals surface area contributed by atoms with Gasteiger partial charge in [-0.2, -0.15) is 0 Å². The van der Waals surface area contributed by atoms with E-state index < -0.39 is 45.7 Å². The zero-order valence-corrected chi connectivity index (χ0v) is 18.5. The van der Waals surface area contributed by atoms with Crippen molar-refractivity contribution in [2.45, 2.75) is 30.7 Å². The summed E-state index contributed by atoms with van der Waals surface area (Å²) in [5, 5.41) is 11.0. The molecule has 3 rings (SSSR count). The van der Waals surface area contributed by atoms with E-state index in [1.807, 2.05) is 0 Å². The first-order chi connectivity index (χ1) is 16.1. The number of thioether (sulfide) groups is 1. The summed E-state index contributed by atoms with van der Waals surface area (Å²) in [7, 11) is 0. The number of nitrogens with zero attached hydrogens (tertiary/aromatic N) is 2. The Morgan fingerprint density at radius 2 is 1.71 bits per heavy atom. The molecule has 0 aliphatic heterocycles. The lowest BCUT2D eigenvalue weighted by molar-refractivity contribution is -0.116. The van der Waals surface area contributed by atoms with Crippen molar-refractivity contribution < 1.29 is 27.2 Å². The number of nitrogens with one attached hydrogen (secondary N) is 3. The Kier molecular flexibility index (Phi) is 7.66. The summed E-state index contributed by atoms with van der Waals surface area (Å²) in [5.41, 5.74) is -1.36. The van der Waals surface area contributed by atoms with Gasteiger partial charge in [0.1, 0.15) is 5.69 Å². The molecular formula is C21H17F4N5O3S. The first-order valence-corrected chi connectivity index (χ1v) is 10.7. The molecule has 1 atom stereocenters. The van der Waals surface area contributed by atoms with Crippen LogP contribution in [0.4, 0.5) is 28.9 Å². The summed E-state index contributed by atoms with van der Waals surface area (Å²) in [6.07, 6.45) is 0.224. The summed E-state index contributed by atoms with van der Waals surface area (Å²) >= 11 is 0.684. The van der Waals surface area contributed by atoms with Crippen LogP contribution in [0, 0.1) is 23.3 Å². The summed E-state index contributed by atoms with van der Waals surface area (Å²) in [6, 6.07) is 6.48. The van der Waals surface area contributed by atoms with E-state index in [1.54, 1.807) is 36.5 Å². The molecule has 1 aromatic heterocycles. The topological polar surface area (TPSA) is 117 Å². The molecule has 13 heteroatoms. The second-order valence-electron chi connectivity index (χ2n) is 6.85. The Bertz CT molecular complexity index is 1290. The van der Waals surface area contributed by atoms with Crippen LogP contribution >= 0.6 is 11.8 Å². The molecule has 8 nitrogen and oxygen atoms in total. The zero-order valence-electron chi connectivity index (χ0n) is 17.7. The minimum absolute atomic E-state index is 0.0200. The van der Waals surface area contributed by atoms with Gasteiger partial charge in [-0.05, 0) is 13.0 Å². The summed E-state index contributed by atoms with van der Waals surface area (Å²) in [5.74, 6) is -8.12. The van der Waals surface area contributed by atoms with Crippen LogP contribution in [-0.2, 0) is 9.59 Å². The van der Waals surface area contributed by atoms with E-state index in [4.69, 9.17) is 0 Å². The number of hydrogen-bond donors (Lipinski definition) is 3. The van der Waals surface area contributed by atoms with E-state index in [2.05, 4.69) is 20.5 Å². The van der Waals surface area contributed by atoms with Crippen LogP contribution in [0.25, 0.3) is 11.3 Å². The molecule has 3 aromatic rings. The number of carbonyl (C=O) groups excluding carboxylic acids is 2. The Hall–Kier alpha value is -3.74. The van der Waals surface area contributed by atoms with E-state index in [0.29, 0.717) is 23.0 Å². The molecule has 0 spiro atoms. The van der Waals surface area contributed by atoms with Gasteiger partial charge in [0.25, 0.3) is 5.56 Å². The largest absolute Gasteiger partial charge is 0.325 e. The minimum atomic E-state index is -1.75. The Morgan fingerprint density at radius 3 is 2.32 bits per heavy atom. The van der Waals surface area contributed by atoms with Gasteiger partial charge in [0.05, 0.1) is 10.9 Å². The van der Waals surface area contributed by atoms with Crippen molar-refractivity contribution in [3.63, 3.8) is 0 Å². The number of amides is 2. The maximum atomic E-state index is 13.8. The molecule has 0 saturated heterocycles. The predicted octanol–water partition coefficient (Wildman–Crippen LogP) is 3.86. The quantitative estimate of drug-likeness (QED) is 0.260. The van der Waals surface area contributed by atoms with Crippen LogP contribution in [-0.4, -0.2) is 32.2 Å². The van der Waals surface area contributed by atoms with Gasteiger partial charge in [0.15, 0.2) is 34.1 Å². The average molecular weight is 495 g/mol. The molecule has 2 amide bonds. The van der Waals surface area contributed by atoms with Gasteiger partial charge in [0, 0.05) is 18.1 Å². The normalized spacial score (nSPS) is 11.7. The second kappa shape index (κ2) is 10.5. The molecule has 0 bridgehead atoms. The highest BCUT2D eigenvalue weighted by molar-refractivity contribution is 8.00. The average Bonchev–Trinajstić information content (AvgIpc) is 2.81. The van der Waals surface area contributed by atoms with Crippen molar-refractivity contribution in [3.05, 3.63) is 64.0 Å². The molecule has 0 aliphatic carbocycles. The molecule has 34 heavy (non-hydrogen) atoms. The van der Waals surface area contributed by atoms with Gasteiger partial charge < -0.3 is 10.6 Å². The molecule has 0 aliphatic rings. The molecule has 178 valence electrons. The Balaban J connectivity index is 1.79. The third-order valence-corrected chi connectivity index (χ3v) is 5.45. The number of H-pyrrole nitrogens is 1. The summed E-state index contributed by atoms with van der Waals surface area (Å²) in [4.78, 5) is 39.1. The standard InChI is InChI=1S/C21H17F4N5O3S/c1-3-14(31)26-13-7-5-4-6-10(13)17-20(33)28-21(30-29-17)34-9(2)19(32)27-18-15(24)11(22)8-12(23)16(18)25/h4-9H,3H2,1-2H3,(H,26,31)(H,27,32)(H,28,30,33)/t9-/m1/s1.